The Morgan fingerprint density at radius 1 is 0.240 bits per heavy atom. The number of hydrogen-bond acceptors (Lipinski definition) is 4. The van der Waals surface area contributed by atoms with E-state index in [1.165, 1.54) is 38.6 Å². The molecule has 0 saturated carbocycles. The van der Waals surface area contributed by atoms with Gasteiger partial charge in [-0.3, -0.25) is 0 Å². The molecule has 4 nitrogen and oxygen atoms in total. The predicted molar refractivity (Wildman–Crippen MR) is 314 cm³/mol. The third-order valence-corrected chi connectivity index (χ3v) is 14.9. The highest BCUT2D eigenvalue weighted by atomic mass is 15.2. The summed E-state index contributed by atoms with van der Waals surface area (Å²) in [5.74, 6) is 0.650. The normalized spacial score (nSPS) is 12.2. The van der Waals surface area contributed by atoms with Crippen LogP contribution in [0.1, 0.15) is 0 Å². The van der Waals surface area contributed by atoms with Crippen LogP contribution in [-0.2, 0) is 0 Å². The van der Waals surface area contributed by atoms with Gasteiger partial charge in [0.2, 0.25) is 0 Å². The molecule has 75 heavy (non-hydrogen) atoms. The van der Waals surface area contributed by atoms with Gasteiger partial charge in [-0.1, -0.05) is 231 Å². The second-order valence-corrected chi connectivity index (χ2v) is 19.3. The van der Waals surface area contributed by atoms with Crippen molar-refractivity contribution in [2.45, 2.75) is 0 Å². The average molecular weight is 955 g/mol. The first kappa shape index (κ1) is 43.9. The first-order valence-electron chi connectivity index (χ1n) is 25.7. The molecule has 0 radical (unpaired) electrons. The molecule has 11 aromatic carbocycles. The molecule has 0 saturated heterocycles. The van der Waals surface area contributed by atoms with Gasteiger partial charge < -0.3 is 9.80 Å². The van der Waals surface area contributed by atoms with E-state index in [2.05, 4.69) is 295 Å². The van der Waals surface area contributed by atoms with Gasteiger partial charge in [0.25, 0.3) is 6.71 Å². The molecule has 0 spiro atoms. The van der Waals surface area contributed by atoms with Crippen molar-refractivity contribution in [2.24, 2.45) is 0 Å². The molecule has 5 heteroatoms. The smallest absolute Gasteiger partial charge is 0.252 e. The molecule has 0 atom stereocenters. The van der Waals surface area contributed by atoms with Gasteiger partial charge in [-0.15, -0.1) is 0 Å². The van der Waals surface area contributed by atoms with Crippen LogP contribution in [0, 0.1) is 0 Å². The molecule has 1 aromatic heterocycles. The SMILES string of the molecule is c1ccc(-c2ccc(N3c4cc(-c5ccccc5)ccc4B4c5ccc(-c6ccccc6)cc5N(c5ccc(-c6ccccc6)cc5)c5cc(-c6nc(-c7ccccc7)cc(-c7ccccc7)n6)cc3c54)cc2)cc1. The quantitative estimate of drug-likeness (QED) is 0.135. The van der Waals surface area contributed by atoms with Gasteiger partial charge in [0, 0.05) is 50.8 Å². The number of hydrogen-bond donors (Lipinski definition) is 0. The van der Waals surface area contributed by atoms with Crippen LogP contribution in [0.25, 0.3) is 78.4 Å². The summed E-state index contributed by atoms with van der Waals surface area (Å²) in [6.07, 6.45) is 0. The lowest BCUT2D eigenvalue weighted by molar-refractivity contribution is 1.18. The summed E-state index contributed by atoms with van der Waals surface area (Å²) in [5.41, 5.74) is 24.3. The maximum absolute atomic E-state index is 5.49. The molecule has 2 aliphatic heterocycles. The average Bonchev–Trinajstić information content (AvgIpc) is 3.50. The Kier molecular flexibility index (Phi) is 10.9. The number of benzene rings is 11. The largest absolute Gasteiger partial charge is 0.311 e. The Morgan fingerprint density at radius 2 is 0.533 bits per heavy atom. The molecular weight excluding hydrogens is 908 g/mol. The first-order valence-corrected chi connectivity index (χ1v) is 25.7. The van der Waals surface area contributed by atoms with E-state index in [1.807, 2.05) is 0 Å². The van der Waals surface area contributed by atoms with Crippen LogP contribution in [0.2, 0.25) is 0 Å². The fraction of sp³-hybridized carbons (Fsp3) is 0. The van der Waals surface area contributed by atoms with Crippen LogP contribution in [-0.4, -0.2) is 16.7 Å². The Hall–Kier alpha value is -9.84. The Morgan fingerprint density at radius 3 is 0.893 bits per heavy atom. The fourth-order valence-corrected chi connectivity index (χ4v) is 11.3. The monoisotopic (exact) mass is 954 g/mol. The van der Waals surface area contributed by atoms with E-state index >= 15 is 0 Å². The van der Waals surface area contributed by atoms with Gasteiger partial charge in [-0.2, -0.15) is 0 Å². The van der Waals surface area contributed by atoms with E-state index in [0.29, 0.717) is 5.82 Å². The number of anilines is 6. The standard InChI is InChI=1S/C70H47BN4/c1-7-19-48(20-8-1)52-31-37-59(38-32-52)74-65-43-56(50-23-11-3-12-24-50)35-41-61(65)71-62-42-36-57(51-25-13-4-14-26-51)44-66(62)75(60-39-33-53(34-40-60)49-21-9-2-10-22-49)68-46-58(45-67(74)69(68)71)70-72-63(54-27-15-5-16-28-54)47-64(73-70)55-29-17-6-18-30-55/h1-47H. The van der Waals surface area contributed by atoms with Gasteiger partial charge in [0.05, 0.1) is 11.4 Å². The van der Waals surface area contributed by atoms with Gasteiger partial charge in [-0.05, 0) is 115 Å². The summed E-state index contributed by atoms with van der Waals surface area (Å²) in [6, 6.07) is 103. The highest BCUT2D eigenvalue weighted by Gasteiger charge is 2.44. The molecule has 0 unspecified atom stereocenters. The highest BCUT2D eigenvalue weighted by molar-refractivity contribution is 7.00. The first-order chi connectivity index (χ1) is 37.2. The van der Waals surface area contributed by atoms with Gasteiger partial charge in [0.15, 0.2) is 5.82 Å². The van der Waals surface area contributed by atoms with E-state index in [4.69, 9.17) is 9.97 Å². The lowest BCUT2D eigenvalue weighted by Gasteiger charge is -2.44. The maximum atomic E-state index is 5.49. The molecule has 0 amide bonds. The molecule has 12 aromatic rings. The Bertz CT molecular complexity index is 3770. The zero-order chi connectivity index (χ0) is 49.7. The zero-order valence-corrected chi connectivity index (χ0v) is 41.0. The molecule has 0 aliphatic carbocycles. The Labute approximate surface area is 438 Å². The fourth-order valence-electron chi connectivity index (χ4n) is 11.3. The molecular formula is C70H47BN4. The van der Waals surface area contributed by atoms with Crippen molar-refractivity contribution in [1.82, 2.24) is 9.97 Å². The zero-order valence-electron chi connectivity index (χ0n) is 41.0. The summed E-state index contributed by atoms with van der Waals surface area (Å²) in [7, 11) is 0. The van der Waals surface area contributed by atoms with Crippen molar-refractivity contribution in [2.75, 3.05) is 9.80 Å². The topological polar surface area (TPSA) is 32.3 Å². The molecule has 3 heterocycles. The van der Waals surface area contributed by atoms with Crippen molar-refractivity contribution >= 4 is 57.2 Å². The minimum Gasteiger partial charge on any atom is -0.311 e. The van der Waals surface area contributed by atoms with E-state index < -0.39 is 0 Å². The molecule has 2 aliphatic rings. The van der Waals surface area contributed by atoms with Crippen molar-refractivity contribution in [1.29, 1.82) is 0 Å². The molecule has 0 fully saturated rings. The Balaban J connectivity index is 1.07. The molecule has 0 N–H and O–H groups in total. The van der Waals surface area contributed by atoms with Gasteiger partial charge >= 0.3 is 0 Å². The maximum Gasteiger partial charge on any atom is 0.252 e. The van der Waals surface area contributed by atoms with E-state index in [1.54, 1.807) is 0 Å². The van der Waals surface area contributed by atoms with Crippen LogP contribution < -0.4 is 26.2 Å². The summed E-state index contributed by atoms with van der Waals surface area (Å²) >= 11 is 0. The minimum absolute atomic E-state index is 0.111. The van der Waals surface area contributed by atoms with Crippen molar-refractivity contribution < 1.29 is 0 Å². The third kappa shape index (κ3) is 7.99. The summed E-state index contributed by atoms with van der Waals surface area (Å²) < 4.78 is 0. The minimum atomic E-state index is -0.111. The molecule has 14 rings (SSSR count). The van der Waals surface area contributed by atoms with E-state index in [-0.39, 0.29) is 6.71 Å². The van der Waals surface area contributed by atoms with Crippen LogP contribution in [0.4, 0.5) is 34.1 Å². The van der Waals surface area contributed by atoms with E-state index in [0.717, 1.165) is 84.5 Å². The van der Waals surface area contributed by atoms with E-state index in [9.17, 15) is 0 Å². The summed E-state index contributed by atoms with van der Waals surface area (Å²) in [5, 5.41) is 0. The second kappa shape index (κ2) is 18.6. The van der Waals surface area contributed by atoms with Crippen LogP contribution in [0.15, 0.2) is 285 Å². The summed E-state index contributed by atoms with van der Waals surface area (Å²) in [6.45, 7) is -0.111. The molecule has 350 valence electrons. The van der Waals surface area contributed by atoms with Crippen LogP contribution in [0.3, 0.4) is 0 Å². The van der Waals surface area contributed by atoms with Crippen LogP contribution >= 0.6 is 0 Å². The second-order valence-electron chi connectivity index (χ2n) is 19.3. The number of fused-ring (bicyclic) bond motifs is 4. The highest BCUT2D eigenvalue weighted by Crippen LogP contribution is 2.48. The third-order valence-electron chi connectivity index (χ3n) is 14.9. The van der Waals surface area contributed by atoms with Crippen molar-refractivity contribution in [3.8, 4) is 78.4 Å². The van der Waals surface area contributed by atoms with Gasteiger partial charge in [0.1, 0.15) is 0 Å². The van der Waals surface area contributed by atoms with Crippen LogP contribution in [0.5, 0.6) is 0 Å². The van der Waals surface area contributed by atoms with Gasteiger partial charge in [-0.25, -0.2) is 9.97 Å². The van der Waals surface area contributed by atoms with Crippen molar-refractivity contribution in [3.05, 3.63) is 285 Å². The van der Waals surface area contributed by atoms with Crippen molar-refractivity contribution in [3.63, 3.8) is 0 Å². The summed E-state index contributed by atoms with van der Waals surface area (Å²) in [4.78, 5) is 16.0. The lowest BCUT2D eigenvalue weighted by atomic mass is 9.33. The number of aromatic nitrogens is 2. The lowest BCUT2D eigenvalue weighted by Crippen LogP contribution is -2.61. The molecule has 0 bridgehead atoms. The number of rotatable bonds is 9. The predicted octanol–water partition coefficient (Wildman–Crippen LogP) is 16.2. The number of nitrogens with zero attached hydrogens (tertiary/aromatic N) is 4.